The number of alkyl halides is 1. The number of hydrogen-bond acceptors (Lipinski definition) is 2. The fourth-order valence-corrected chi connectivity index (χ4v) is 3.40. The largest absolute Gasteiger partial charge is 0.276 e. The monoisotopic (exact) mass is 431 g/mol. The van der Waals surface area contributed by atoms with Crippen molar-refractivity contribution in [2.45, 2.75) is 89.9 Å². The van der Waals surface area contributed by atoms with E-state index in [-0.39, 0.29) is 0 Å². The molecule has 0 bridgehead atoms. The van der Waals surface area contributed by atoms with Crippen LogP contribution in [0.25, 0.3) is 0 Å². The van der Waals surface area contributed by atoms with Crippen LogP contribution in [0, 0.1) is 0 Å². The quantitative estimate of drug-likeness (QED) is 0.162. The van der Waals surface area contributed by atoms with Gasteiger partial charge in [0.15, 0.2) is 0 Å². The van der Waals surface area contributed by atoms with Crippen LogP contribution >= 0.6 is 11.6 Å². The molecule has 0 atom stereocenters. The average molecular weight is 432 g/mol. The molecule has 0 saturated heterocycles. The Kier molecular flexibility index (Phi) is 18.3. The van der Waals surface area contributed by atoms with Gasteiger partial charge in [-0.2, -0.15) is 0 Å². The first-order chi connectivity index (χ1) is 14.9. The molecular formula is C27H42ClNO. The predicted octanol–water partition coefficient (Wildman–Crippen LogP) is 9.16. The highest BCUT2D eigenvalue weighted by Gasteiger charge is 1.94. The first-order valence-electron chi connectivity index (χ1n) is 11.9. The van der Waals surface area contributed by atoms with Crippen molar-refractivity contribution >= 4 is 17.3 Å². The van der Waals surface area contributed by atoms with Crippen LogP contribution in [0.15, 0.2) is 60.7 Å². The van der Waals surface area contributed by atoms with E-state index in [4.69, 9.17) is 16.4 Å². The summed E-state index contributed by atoms with van der Waals surface area (Å²) in [6, 6.07) is 20.0. The van der Waals surface area contributed by atoms with E-state index in [1.165, 1.54) is 76.2 Å². The molecule has 0 fully saturated rings. The molecule has 0 aliphatic heterocycles. The zero-order valence-electron chi connectivity index (χ0n) is 19.0. The number of rotatable bonds is 16. The zero-order chi connectivity index (χ0) is 21.5. The molecule has 0 saturated carbocycles. The SMILES string of the molecule is CCCCCCCCCCCCCCONc1ccccc1.ClCc1ccccc1. The van der Waals surface area contributed by atoms with Crippen molar-refractivity contribution in [2.75, 3.05) is 12.1 Å². The maximum atomic E-state index is 5.53. The summed E-state index contributed by atoms with van der Waals surface area (Å²) in [6.07, 6.45) is 16.6. The summed E-state index contributed by atoms with van der Waals surface area (Å²) in [7, 11) is 0. The number of para-hydroxylation sites is 1. The first kappa shape index (κ1) is 26.5. The van der Waals surface area contributed by atoms with Crippen molar-refractivity contribution in [3.63, 3.8) is 0 Å². The van der Waals surface area contributed by atoms with Crippen molar-refractivity contribution in [3.05, 3.63) is 66.2 Å². The summed E-state index contributed by atoms with van der Waals surface area (Å²) in [5.41, 5.74) is 5.19. The van der Waals surface area contributed by atoms with Gasteiger partial charge in [0.2, 0.25) is 0 Å². The third-order valence-electron chi connectivity index (χ3n) is 5.06. The van der Waals surface area contributed by atoms with Gasteiger partial charge in [0.05, 0.1) is 12.3 Å². The molecular weight excluding hydrogens is 390 g/mol. The van der Waals surface area contributed by atoms with E-state index in [2.05, 4.69) is 12.4 Å². The van der Waals surface area contributed by atoms with E-state index in [1.54, 1.807) is 0 Å². The molecule has 2 aromatic rings. The van der Waals surface area contributed by atoms with Crippen LogP contribution in [-0.2, 0) is 10.7 Å². The zero-order valence-corrected chi connectivity index (χ0v) is 19.7. The molecule has 2 rings (SSSR count). The molecule has 0 heterocycles. The third-order valence-corrected chi connectivity index (χ3v) is 5.37. The lowest BCUT2D eigenvalue weighted by Crippen LogP contribution is -2.02. The molecule has 0 unspecified atom stereocenters. The number of benzene rings is 2. The van der Waals surface area contributed by atoms with Crippen molar-refractivity contribution in [1.82, 2.24) is 0 Å². The molecule has 0 aliphatic carbocycles. The standard InChI is InChI=1S/C20H35NO.C7H7Cl/c1-2-3-4-5-6-7-8-9-10-11-12-16-19-22-21-20-17-14-13-15-18-20;8-6-7-4-2-1-3-5-7/h13-15,17-18,21H,2-12,16,19H2,1H3;1-5H,6H2. The van der Waals surface area contributed by atoms with Gasteiger partial charge in [-0.3, -0.25) is 10.3 Å². The molecule has 1 N–H and O–H groups in total. The van der Waals surface area contributed by atoms with Crippen molar-refractivity contribution in [1.29, 1.82) is 0 Å². The Morgan fingerprint density at radius 3 is 1.57 bits per heavy atom. The highest BCUT2D eigenvalue weighted by molar-refractivity contribution is 6.17. The Labute approximate surface area is 190 Å². The van der Waals surface area contributed by atoms with Gasteiger partial charge in [-0.1, -0.05) is 126 Å². The number of anilines is 1. The van der Waals surface area contributed by atoms with Crippen molar-refractivity contribution in [3.8, 4) is 0 Å². The molecule has 0 spiro atoms. The van der Waals surface area contributed by atoms with Gasteiger partial charge in [0.1, 0.15) is 0 Å². The second-order valence-electron chi connectivity index (χ2n) is 7.82. The summed E-state index contributed by atoms with van der Waals surface area (Å²) in [4.78, 5) is 5.46. The maximum absolute atomic E-state index is 5.53. The molecule has 2 nitrogen and oxygen atoms in total. The van der Waals surface area contributed by atoms with Gasteiger partial charge in [0.25, 0.3) is 0 Å². The maximum Gasteiger partial charge on any atom is 0.0746 e. The fourth-order valence-electron chi connectivity index (χ4n) is 3.22. The van der Waals surface area contributed by atoms with Crippen LogP contribution < -0.4 is 5.48 Å². The van der Waals surface area contributed by atoms with Crippen molar-refractivity contribution in [2.24, 2.45) is 0 Å². The van der Waals surface area contributed by atoms with Gasteiger partial charge >= 0.3 is 0 Å². The van der Waals surface area contributed by atoms with Crippen LogP contribution in [0.1, 0.15) is 89.5 Å². The Hall–Kier alpha value is -1.51. The minimum atomic E-state index is 0.612. The van der Waals surface area contributed by atoms with Crippen LogP contribution in [0.5, 0.6) is 0 Å². The third kappa shape index (κ3) is 16.3. The van der Waals surface area contributed by atoms with Gasteiger partial charge in [-0.05, 0) is 24.1 Å². The van der Waals surface area contributed by atoms with Crippen LogP contribution in [0.3, 0.4) is 0 Å². The van der Waals surface area contributed by atoms with E-state index in [0.29, 0.717) is 5.88 Å². The van der Waals surface area contributed by atoms with E-state index < -0.39 is 0 Å². The summed E-state index contributed by atoms with van der Waals surface area (Å²) in [5, 5.41) is 0. The Bertz CT molecular complexity index is 576. The van der Waals surface area contributed by atoms with E-state index in [0.717, 1.165) is 18.7 Å². The number of nitrogens with one attached hydrogen (secondary N) is 1. The Balaban J connectivity index is 0.000000467. The summed E-state index contributed by atoms with van der Waals surface area (Å²) in [5.74, 6) is 0.612. The minimum absolute atomic E-state index is 0.612. The molecule has 0 amide bonds. The fraction of sp³-hybridized carbons (Fsp3) is 0.556. The minimum Gasteiger partial charge on any atom is -0.276 e. The number of halogens is 1. The number of unbranched alkanes of at least 4 members (excludes halogenated alkanes) is 11. The topological polar surface area (TPSA) is 21.3 Å². The molecule has 3 heteroatoms. The molecule has 0 aromatic heterocycles. The van der Waals surface area contributed by atoms with Crippen LogP contribution in [0.2, 0.25) is 0 Å². The molecule has 2 aromatic carbocycles. The highest BCUT2D eigenvalue weighted by atomic mass is 35.5. The van der Waals surface area contributed by atoms with Gasteiger partial charge in [-0.25, -0.2) is 0 Å². The normalized spacial score (nSPS) is 10.3. The molecule has 0 aliphatic rings. The second-order valence-corrected chi connectivity index (χ2v) is 8.09. The highest BCUT2D eigenvalue weighted by Crippen LogP contribution is 2.12. The van der Waals surface area contributed by atoms with Gasteiger partial charge in [0, 0.05) is 5.88 Å². The average Bonchev–Trinajstić information content (AvgIpc) is 2.81. The second kappa shape index (κ2) is 20.8. The van der Waals surface area contributed by atoms with E-state index in [1.807, 2.05) is 60.7 Å². The van der Waals surface area contributed by atoms with E-state index >= 15 is 0 Å². The molecule has 0 radical (unpaired) electrons. The lowest BCUT2D eigenvalue weighted by atomic mass is 10.1. The van der Waals surface area contributed by atoms with Gasteiger partial charge < -0.3 is 0 Å². The lowest BCUT2D eigenvalue weighted by Gasteiger charge is -2.06. The summed E-state index contributed by atoms with van der Waals surface area (Å²) >= 11 is 5.53. The predicted molar refractivity (Wildman–Crippen MR) is 133 cm³/mol. The number of hydrogen-bond donors (Lipinski definition) is 1. The van der Waals surface area contributed by atoms with Crippen molar-refractivity contribution < 1.29 is 4.84 Å². The van der Waals surface area contributed by atoms with Crippen LogP contribution in [-0.4, -0.2) is 6.61 Å². The summed E-state index contributed by atoms with van der Waals surface area (Å²) in [6.45, 7) is 3.08. The smallest absolute Gasteiger partial charge is 0.0746 e. The molecule has 168 valence electrons. The lowest BCUT2D eigenvalue weighted by molar-refractivity contribution is 0.187. The summed E-state index contributed by atoms with van der Waals surface area (Å²) < 4.78 is 0. The Morgan fingerprint density at radius 2 is 1.10 bits per heavy atom. The molecule has 30 heavy (non-hydrogen) atoms. The first-order valence-corrected chi connectivity index (χ1v) is 12.4. The van der Waals surface area contributed by atoms with E-state index in [9.17, 15) is 0 Å². The van der Waals surface area contributed by atoms with Crippen LogP contribution in [0.4, 0.5) is 5.69 Å². The van der Waals surface area contributed by atoms with Gasteiger partial charge in [-0.15, -0.1) is 11.6 Å². The Morgan fingerprint density at radius 1 is 0.633 bits per heavy atom.